The summed E-state index contributed by atoms with van der Waals surface area (Å²) in [5, 5.41) is 3.51. The molecule has 0 unspecified atom stereocenters. The second-order valence-electron chi connectivity index (χ2n) is 4.87. The molecule has 0 bridgehead atoms. The Morgan fingerprint density at radius 2 is 1.52 bits per heavy atom. The van der Waals surface area contributed by atoms with Gasteiger partial charge >= 0.3 is 0 Å². The summed E-state index contributed by atoms with van der Waals surface area (Å²) in [5.41, 5.74) is 8.46. The van der Waals surface area contributed by atoms with Gasteiger partial charge in [-0.05, 0) is 31.2 Å². The Balaban J connectivity index is 1.67. The van der Waals surface area contributed by atoms with Crippen LogP contribution in [0.1, 0.15) is 15.4 Å². The molecule has 0 aliphatic rings. The molecule has 5 nitrogen and oxygen atoms in total. The van der Waals surface area contributed by atoms with Crippen molar-refractivity contribution >= 4 is 33.8 Å². The van der Waals surface area contributed by atoms with Gasteiger partial charge in [-0.3, -0.25) is 15.6 Å². The van der Waals surface area contributed by atoms with Crippen LogP contribution >= 0.6 is 11.3 Å². The van der Waals surface area contributed by atoms with Crippen LogP contribution in [0.25, 0.3) is 0 Å². The Morgan fingerprint density at radius 3 is 2.17 bits per heavy atom. The molecule has 0 spiro atoms. The molecular formula is C17H16N4OS. The summed E-state index contributed by atoms with van der Waals surface area (Å²) in [5.74, 6) is -0.154. The molecule has 0 saturated carbocycles. The highest BCUT2D eigenvalue weighted by atomic mass is 32.1. The van der Waals surface area contributed by atoms with E-state index >= 15 is 0 Å². The first kappa shape index (κ1) is 15.1. The maximum atomic E-state index is 12.3. The molecule has 0 fully saturated rings. The summed E-state index contributed by atoms with van der Waals surface area (Å²) >= 11 is 1.31. The SMILES string of the molecule is Cc1nc(NNc2ccccc2)sc1C(=O)Nc1ccccc1. The van der Waals surface area contributed by atoms with Crippen LogP contribution in [0, 0.1) is 6.92 Å². The lowest BCUT2D eigenvalue weighted by Gasteiger charge is -2.05. The minimum Gasteiger partial charge on any atom is -0.321 e. The Hall–Kier alpha value is -2.86. The van der Waals surface area contributed by atoms with E-state index in [1.807, 2.05) is 67.6 Å². The van der Waals surface area contributed by atoms with Crippen molar-refractivity contribution in [2.45, 2.75) is 6.92 Å². The van der Waals surface area contributed by atoms with Crippen LogP contribution in [-0.4, -0.2) is 10.9 Å². The molecule has 6 heteroatoms. The Bertz CT molecular complexity index is 787. The molecule has 0 atom stereocenters. The van der Waals surface area contributed by atoms with Crippen molar-refractivity contribution in [3.05, 3.63) is 71.2 Å². The number of amides is 1. The fraction of sp³-hybridized carbons (Fsp3) is 0.0588. The van der Waals surface area contributed by atoms with Crippen LogP contribution in [0.15, 0.2) is 60.7 Å². The number of hydrogen-bond acceptors (Lipinski definition) is 5. The second kappa shape index (κ2) is 6.93. The zero-order valence-corrected chi connectivity index (χ0v) is 13.4. The van der Waals surface area contributed by atoms with E-state index in [-0.39, 0.29) is 5.91 Å². The summed E-state index contributed by atoms with van der Waals surface area (Å²) in [7, 11) is 0. The largest absolute Gasteiger partial charge is 0.321 e. The fourth-order valence-corrected chi connectivity index (χ4v) is 2.83. The fourth-order valence-electron chi connectivity index (χ4n) is 2.02. The van der Waals surface area contributed by atoms with Crippen molar-refractivity contribution in [2.24, 2.45) is 0 Å². The highest BCUT2D eigenvalue weighted by Gasteiger charge is 2.15. The monoisotopic (exact) mass is 324 g/mol. The van der Waals surface area contributed by atoms with E-state index < -0.39 is 0 Å². The quantitative estimate of drug-likeness (QED) is 0.617. The lowest BCUT2D eigenvalue weighted by atomic mass is 10.3. The number of carbonyl (C=O) groups is 1. The number of aryl methyl sites for hydroxylation is 1. The van der Waals surface area contributed by atoms with Gasteiger partial charge in [0, 0.05) is 5.69 Å². The Morgan fingerprint density at radius 1 is 0.913 bits per heavy atom. The first-order chi connectivity index (χ1) is 11.2. The van der Waals surface area contributed by atoms with E-state index in [4.69, 9.17) is 0 Å². The summed E-state index contributed by atoms with van der Waals surface area (Å²) in [6.07, 6.45) is 0. The number of hydrazine groups is 1. The number of nitrogens with zero attached hydrogens (tertiary/aromatic N) is 1. The van der Waals surface area contributed by atoms with Gasteiger partial charge in [-0.15, -0.1) is 0 Å². The van der Waals surface area contributed by atoms with Crippen molar-refractivity contribution in [2.75, 3.05) is 16.2 Å². The van der Waals surface area contributed by atoms with Gasteiger partial charge in [0.05, 0.1) is 11.4 Å². The molecule has 2 aromatic carbocycles. The van der Waals surface area contributed by atoms with E-state index in [9.17, 15) is 4.79 Å². The predicted molar refractivity (Wildman–Crippen MR) is 94.9 cm³/mol. The van der Waals surface area contributed by atoms with Gasteiger partial charge in [0.1, 0.15) is 4.88 Å². The number of benzene rings is 2. The van der Waals surface area contributed by atoms with Gasteiger partial charge in [0.25, 0.3) is 5.91 Å². The molecule has 1 aromatic heterocycles. The highest BCUT2D eigenvalue weighted by molar-refractivity contribution is 7.17. The highest BCUT2D eigenvalue weighted by Crippen LogP contribution is 2.24. The van der Waals surface area contributed by atoms with Crippen molar-refractivity contribution in [1.82, 2.24) is 4.98 Å². The zero-order valence-electron chi connectivity index (χ0n) is 12.5. The minimum absolute atomic E-state index is 0.154. The van der Waals surface area contributed by atoms with E-state index in [0.29, 0.717) is 15.7 Å². The van der Waals surface area contributed by atoms with Crippen LogP contribution in [0.2, 0.25) is 0 Å². The third kappa shape index (κ3) is 3.87. The molecule has 0 radical (unpaired) electrons. The Labute approximate surface area is 138 Å². The number of thiazole rings is 1. The molecule has 116 valence electrons. The van der Waals surface area contributed by atoms with Gasteiger partial charge in [-0.2, -0.15) is 0 Å². The molecule has 0 aliphatic carbocycles. The van der Waals surface area contributed by atoms with Crippen LogP contribution in [0.5, 0.6) is 0 Å². The van der Waals surface area contributed by atoms with Crippen LogP contribution < -0.4 is 16.2 Å². The number of aromatic nitrogens is 1. The molecule has 3 rings (SSSR count). The average Bonchev–Trinajstić information content (AvgIpc) is 2.96. The standard InChI is InChI=1S/C17H16N4OS/c1-12-15(16(22)19-13-8-4-2-5-9-13)23-17(18-12)21-20-14-10-6-3-7-11-14/h2-11,20H,1H3,(H,18,21)(H,19,22). The third-order valence-corrected chi connectivity index (χ3v) is 4.19. The number of nitrogens with one attached hydrogen (secondary N) is 3. The van der Waals surface area contributed by atoms with Gasteiger partial charge in [0.15, 0.2) is 0 Å². The molecule has 3 aromatic rings. The predicted octanol–water partition coefficient (Wildman–Crippen LogP) is 4.14. The molecule has 3 N–H and O–H groups in total. The van der Waals surface area contributed by atoms with Crippen molar-refractivity contribution < 1.29 is 4.79 Å². The zero-order chi connectivity index (χ0) is 16.1. The van der Waals surface area contributed by atoms with Gasteiger partial charge in [-0.25, -0.2) is 4.98 Å². The lowest BCUT2D eigenvalue weighted by molar-refractivity contribution is 0.103. The summed E-state index contributed by atoms with van der Waals surface area (Å²) in [4.78, 5) is 17.3. The molecule has 0 saturated heterocycles. The van der Waals surface area contributed by atoms with Gasteiger partial charge in [-0.1, -0.05) is 47.7 Å². The number of hydrogen-bond donors (Lipinski definition) is 3. The maximum Gasteiger partial charge on any atom is 0.267 e. The van der Waals surface area contributed by atoms with E-state index in [1.165, 1.54) is 11.3 Å². The number of rotatable bonds is 5. The van der Waals surface area contributed by atoms with Crippen LogP contribution in [0.3, 0.4) is 0 Å². The lowest BCUT2D eigenvalue weighted by Crippen LogP contribution is -2.11. The average molecular weight is 324 g/mol. The summed E-state index contributed by atoms with van der Waals surface area (Å²) < 4.78 is 0. The van der Waals surface area contributed by atoms with Crippen molar-refractivity contribution in [3.8, 4) is 0 Å². The molecule has 1 heterocycles. The maximum absolute atomic E-state index is 12.3. The van der Waals surface area contributed by atoms with Crippen molar-refractivity contribution in [1.29, 1.82) is 0 Å². The second-order valence-corrected chi connectivity index (χ2v) is 5.87. The summed E-state index contributed by atoms with van der Waals surface area (Å²) in [6.45, 7) is 1.82. The first-order valence-electron chi connectivity index (χ1n) is 7.13. The number of carbonyl (C=O) groups excluding carboxylic acids is 1. The van der Waals surface area contributed by atoms with Gasteiger partial charge in [0.2, 0.25) is 5.13 Å². The number of anilines is 3. The molecule has 23 heavy (non-hydrogen) atoms. The topological polar surface area (TPSA) is 66.0 Å². The van der Waals surface area contributed by atoms with Gasteiger partial charge < -0.3 is 5.32 Å². The smallest absolute Gasteiger partial charge is 0.267 e. The molecule has 1 amide bonds. The van der Waals surface area contributed by atoms with E-state index in [2.05, 4.69) is 21.2 Å². The molecule has 0 aliphatic heterocycles. The Kier molecular flexibility index (Phi) is 4.54. The normalized spacial score (nSPS) is 10.1. The number of para-hydroxylation sites is 2. The van der Waals surface area contributed by atoms with Crippen LogP contribution in [0.4, 0.5) is 16.5 Å². The third-order valence-electron chi connectivity index (χ3n) is 3.12. The molecular weight excluding hydrogens is 308 g/mol. The minimum atomic E-state index is -0.154. The van der Waals surface area contributed by atoms with Crippen LogP contribution in [-0.2, 0) is 0 Å². The summed E-state index contributed by atoms with van der Waals surface area (Å²) in [6, 6.07) is 19.1. The first-order valence-corrected chi connectivity index (χ1v) is 7.95. The van der Waals surface area contributed by atoms with Crippen molar-refractivity contribution in [3.63, 3.8) is 0 Å². The van der Waals surface area contributed by atoms with E-state index in [1.54, 1.807) is 0 Å². The van der Waals surface area contributed by atoms with E-state index in [0.717, 1.165) is 11.4 Å².